The van der Waals surface area contributed by atoms with Gasteiger partial charge in [0, 0.05) is 37.8 Å². The molecule has 0 radical (unpaired) electrons. The van der Waals surface area contributed by atoms with Crippen molar-refractivity contribution in [1.29, 1.82) is 0 Å². The number of benzene rings is 1. The topological polar surface area (TPSA) is 74.9 Å². The number of nitrogens with zero attached hydrogens (tertiary/aromatic N) is 3. The number of para-hydroxylation sites is 1. The van der Waals surface area contributed by atoms with Crippen molar-refractivity contribution in [2.45, 2.75) is 39.3 Å². The van der Waals surface area contributed by atoms with Crippen LogP contribution in [-0.4, -0.2) is 44.3 Å². The van der Waals surface area contributed by atoms with E-state index in [1.807, 2.05) is 0 Å². The average molecular weight is 513 g/mol. The number of hydrogen-bond donors (Lipinski definition) is 2. The largest absolute Gasteiger partial charge is 0.443 e. The number of anilines is 1. The van der Waals surface area contributed by atoms with Gasteiger partial charge in [-0.2, -0.15) is 0 Å². The molecule has 1 aromatic carbocycles. The molecule has 1 fully saturated rings. The van der Waals surface area contributed by atoms with Crippen LogP contribution in [0.4, 0.5) is 5.69 Å². The van der Waals surface area contributed by atoms with E-state index in [2.05, 4.69) is 70.5 Å². The number of guanidine groups is 1. The lowest BCUT2D eigenvalue weighted by Crippen LogP contribution is -2.39. The fourth-order valence-corrected chi connectivity index (χ4v) is 3.07. The van der Waals surface area contributed by atoms with Gasteiger partial charge >= 0.3 is 0 Å². The zero-order chi connectivity index (χ0) is 20.0. The van der Waals surface area contributed by atoms with Crippen molar-refractivity contribution >= 4 is 35.6 Å². The Morgan fingerprint density at radius 1 is 1.14 bits per heavy atom. The summed E-state index contributed by atoms with van der Waals surface area (Å²) in [7, 11) is 1.76. The van der Waals surface area contributed by atoms with E-state index in [-0.39, 0.29) is 29.4 Å². The van der Waals surface area contributed by atoms with E-state index < -0.39 is 0 Å². The molecule has 1 aromatic heterocycles. The Balaban J connectivity index is 0.00000300. The second-order valence-corrected chi connectivity index (χ2v) is 7.88. The van der Waals surface area contributed by atoms with E-state index in [0.717, 1.165) is 32.1 Å². The second kappa shape index (κ2) is 10.8. The van der Waals surface area contributed by atoms with Crippen LogP contribution in [0.1, 0.15) is 38.0 Å². The van der Waals surface area contributed by atoms with Gasteiger partial charge in [0.15, 0.2) is 5.96 Å². The quantitative estimate of drug-likeness (QED) is 0.363. The van der Waals surface area contributed by atoms with Gasteiger partial charge in [0.1, 0.15) is 5.76 Å². The molecule has 0 bridgehead atoms. The molecule has 29 heavy (non-hydrogen) atoms. The Bertz CT molecular complexity index is 794. The summed E-state index contributed by atoms with van der Waals surface area (Å²) in [6, 6.07) is 8.46. The van der Waals surface area contributed by atoms with Crippen LogP contribution in [-0.2, 0) is 23.2 Å². The third kappa shape index (κ3) is 6.60. The van der Waals surface area contributed by atoms with Gasteiger partial charge in [0.05, 0.1) is 26.0 Å². The Labute approximate surface area is 190 Å². The maximum absolute atomic E-state index is 5.83. The molecule has 0 atom stereocenters. The Hall–Kier alpha value is -1.81. The fraction of sp³-hybridized carbons (Fsp3) is 0.524. The van der Waals surface area contributed by atoms with E-state index in [4.69, 9.17) is 9.15 Å². The summed E-state index contributed by atoms with van der Waals surface area (Å²) in [5.74, 6) is 2.25. The lowest BCUT2D eigenvalue weighted by Gasteiger charge is -2.30. The first kappa shape index (κ1) is 23.5. The lowest BCUT2D eigenvalue weighted by atomic mass is 9.94. The lowest BCUT2D eigenvalue weighted by molar-refractivity contribution is 0.122. The number of hydrogen-bond acceptors (Lipinski definition) is 5. The molecular weight excluding hydrogens is 481 g/mol. The first-order valence-corrected chi connectivity index (χ1v) is 9.77. The van der Waals surface area contributed by atoms with Gasteiger partial charge in [0.25, 0.3) is 0 Å². The van der Waals surface area contributed by atoms with Crippen molar-refractivity contribution in [2.24, 2.45) is 4.99 Å². The minimum atomic E-state index is -0.0472. The van der Waals surface area contributed by atoms with Crippen LogP contribution < -0.4 is 15.5 Å². The zero-order valence-corrected chi connectivity index (χ0v) is 20.0. The molecule has 2 aromatic rings. The van der Waals surface area contributed by atoms with Gasteiger partial charge in [-0.05, 0) is 11.6 Å². The van der Waals surface area contributed by atoms with Gasteiger partial charge in [-0.3, -0.25) is 4.99 Å². The number of rotatable bonds is 5. The number of ether oxygens (including phenoxy) is 1. The van der Waals surface area contributed by atoms with E-state index in [9.17, 15) is 0 Å². The molecular formula is C21H32IN5O2. The van der Waals surface area contributed by atoms with Gasteiger partial charge in [-0.1, -0.05) is 39.0 Å². The summed E-state index contributed by atoms with van der Waals surface area (Å²) in [6.07, 6.45) is 1.80. The van der Waals surface area contributed by atoms with E-state index in [0.29, 0.717) is 24.9 Å². The molecule has 7 nitrogen and oxygen atoms in total. The third-order valence-electron chi connectivity index (χ3n) is 4.71. The third-order valence-corrected chi connectivity index (χ3v) is 4.71. The number of aromatic nitrogens is 1. The molecule has 1 aliphatic rings. The number of halogens is 1. The summed E-state index contributed by atoms with van der Waals surface area (Å²) in [5.41, 5.74) is 2.43. The number of oxazole rings is 1. The highest BCUT2D eigenvalue weighted by Crippen LogP contribution is 2.23. The van der Waals surface area contributed by atoms with Crippen molar-refractivity contribution in [3.8, 4) is 0 Å². The molecule has 3 rings (SSSR count). The van der Waals surface area contributed by atoms with Crippen LogP contribution >= 0.6 is 24.0 Å². The molecule has 2 N–H and O–H groups in total. The van der Waals surface area contributed by atoms with Crippen LogP contribution in [0.15, 0.2) is 39.9 Å². The summed E-state index contributed by atoms with van der Waals surface area (Å²) in [6.45, 7) is 10.9. The maximum atomic E-state index is 5.83. The van der Waals surface area contributed by atoms with Crippen molar-refractivity contribution < 1.29 is 9.15 Å². The minimum absolute atomic E-state index is 0. The van der Waals surface area contributed by atoms with Gasteiger partial charge < -0.3 is 24.7 Å². The number of nitrogens with one attached hydrogen (secondary N) is 2. The van der Waals surface area contributed by atoms with Crippen LogP contribution in [0, 0.1) is 0 Å². The Morgan fingerprint density at radius 3 is 2.48 bits per heavy atom. The molecule has 0 saturated carbocycles. The van der Waals surface area contributed by atoms with Gasteiger partial charge in [-0.15, -0.1) is 24.0 Å². The van der Waals surface area contributed by atoms with Gasteiger partial charge in [0.2, 0.25) is 5.89 Å². The summed E-state index contributed by atoms with van der Waals surface area (Å²) in [5, 5.41) is 6.65. The molecule has 1 aliphatic heterocycles. The highest BCUT2D eigenvalue weighted by molar-refractivity contribution is 14.0. The van der Waals surface area contributed by atoms with Gasteiger partial charge in [-0.25, -0.2) is 4.98 Å². The van der Waals surface area contributed by atoms with Crippen LogP contribution in [0.3, 0.4) is 0 Å². The van der Waals surface area contributed by atoms with Crippen LogP contribution in [0.25, 0.3) is 0 Å². The normalized spacial score (nSPS) is 15.0. The highest BCUT2D eigenvalue weighted by atomic mass is 127. The first-order chi connectivity index (χ1) is 13.5. The van der Waals surface area contributed by atoms with Crippen molar-refractivity contribution in [2.75, 3.05) is 38.3 Å². The summed E-state index contributed by atoms with van der Waals surface area (Å²) in [4.78, 5) is 11.0. The Morgan fingerprint density at radius 2 is 1.83 bits per heavy atom. The van der Waals surface area contributed by atoms with E-state index >= 15 is 0 Å². The summed E-state index contributed by atoms with van der Waals surface area (Å²) < 4.78 is 11.3. The molecule has 0 spiro atoms. The molecule has 2 heterocycles. The average Bonchev–Trinajstić information content (AvgIpc) is 3.19. The van der Waals surface area contributed by atoms with Crippen LogP contribution in [0.2, 0.25) is 0 Å². The van der Waals surface area contributed by atoms with E-state index in [1.165, 1.54) is 11.3 Å². The summed E-state index contributed by atoms with van der Waals surface area (Å²) >= 11 is 0. The fourth-order valence-electron chi connectivity index (χ4n) is 3.07. The number of morpholine rings is 1. The zero-order valence-electron chi connectivity index (χ0n) is 17.7. The predicted molar refractivity (Wildman–Crippen MR) is 127 cm³/mol. The van der Waals surface area contributed by atoms with Crippen molar-refractivity contribution in [3.05, 3.63) is 47.7 Å². The van der Waals surface area contributed by atoms with E-state index in [1.54, 1.807) is 13.2 Å². The predicted octanol–water partition coefficient (Wildman–Crippen LogP) is 3.29. The maximum Gasteiger partial charge on any atom is 0.213 e. The molecule has 160 valence electrons. The first-order valence-electron chi connectivity index (χ1n) is 9.77. The smallest absolute Gasteiger partial charge is 0.213 e. The molecule has 0 amide bonds. The molecule has 0 unspecified atom stereocenters. The van der Waals surface area contributed by atoms with Crippen molar-refractivity contribution in [3.63, 3.8) is 0 Å². The molecule has 8 heteroatoms. The molecule has 0 aliphatic carbocycles. The number of aliphatic imine (C=N–C) groups is 1. The monoisotopic (exact) mass is 513 g/mol. The molecule has 1 saturated heterocycles. The second-order valence-electron chi connectivity index (χ2n) is 7.88. The van der Waals surface area contributed by atoms with Crippen LogP contribution in [0.5, 0.6) is 0 Å². The van der Waals surface area contributed by atoms with Crippen molar-refractivity contribution in [1.82, 2.24) is 15.6 Å². The standard InChI is InChI=1S/C21H31N5O2.HI/c1-21(2,3)18-14-23-19(28-18)15-25-20(22-4)24-13-16-7-5-6-8-17(16)26-9-11-27-12-10-26;/h5-8,14H,9-13,15H2,1-4H3,(H2,22,24,25);1H. The highest BCUT2D eigenvalue weighted by Gasteiger charge is 2.19. The SMILES string of the molecule is CN=C(NCc1ncc(C(C)(C)C)o1)NCc1ccccc1N1CCOCC1.I. The minimum Gasteiger partial charge on any atom is -0.443 e. The Kier molecular flexibility index (Phi) is 8.76.